The van der Waals surface area contributed by atoms with Gasteiger partial charge in [0, 0.05) is 13.0 Å². The van der Waals surface area contributed by atoms with Crippen LogP contribution in [-0.4, -0.2) is 21.9 Å². The summed E-state index contributed by atoms with van der Waals surface area (Å²) in [5.74, 6) is 1.64. The molecule has 2 heterocycles. The highest BCUT2D eigenvalue weighted by Crippen LogP contribution is 2.20. The van der Waals surface area contributed by atoms with Crippen LogP contribution in [0, 0.1) is 5.92 Å². The van der Waals surface area contributed by atoms with Gasteiger partial charge in [-0.2, -0.15) is 0 Å². The van der Waals surface area contributed by atoms with Gasteiger partial charge in [-0.25, -0.2) is 4.98 Å². The maximum Gasteiger partial charge on any atom is 0.194 e. The van der Waals surface area contributed by atoms with Crippen molar-refractivity contribution in [2.24, 2.45) is 11.7 Å². The number of carbonyl (C=O) groups is 1. The molecule has 1 aliphatic heterocycles. The van der Waals surface area contributed by atoms with Crippen LogP contribution in [0.15, 0.2) is 6.20 Å². The first-order valence-electron chi connectivity index (χ1n) is 5.00. The van der Waals surface area contributed by atoms with Crippen LogP contribution in [0.2, 0.25) is 0 Å². The van der Waals surface area contributed by atoms with Crippen molar-refractivity contribution in [3.8, 4) is 0 Å². The molecule has 0 spiro atoms. The zero-order valence-corrected chi connectivity index (χ0v) is 8.36. The van der Waals surface area contributed by atoms with Crippen LogP contribution in [0.1, 0.15) is 29.7 Å². The topological polar surface area (TPSA) is 60.9 Å². The predicted octanol–water partition coefficient (Wildman–Crippen LogP) is 0.607. The third-order valence-electron chi connectivity index (χ3n) is 2.76. The van der Waals surface area contributed by atoms with Crippen LogP contribution in [-0.2, 0) is 13.0 Å². The van der Waals surface area contributed by atoms with Crippen LogP contribution >= 0.6 is 0 Å². The van der Waals surface area contributed by atoms with Gasteiger partial charge in [0.1, 0.15) is 11.5 Å². The molecule has 0 bridgehead atoms. The Morgan fingerprint density at radius 2 is 2.57 bits per heavy atom. The predicted molar refractivity (Wildman–Crippen MR) is 53.1 cm³/mol. The number of Topliss-reactive ketones (excluding diaryl/α,β-unsaturated/α-hetero) is 1. The summed E-state index contributed by atoms with van der Waals surface area (Å²) in [5.41, 5.74) is 6.02. The SMILES string of the molecule is CC1CCc2ncc(C(=O)CN)n2C1. The Hall–Kier alpha value is -1.16. The molecule has 1 unspecified atom stereocenters. The van der Waals surface area contributed by atoms with Gasteiger partial charge in [0.15, 0.2) is 5.78 Å². The van der Waals surface area contributed by atoms with Crippen molar-refractivity contribution >= 4 is 5.78 Å². The Labute approximate surface area is 83.1 Å². The molecule has 1 aliphatic rings. The van der Waals surface area contributed by atoms with Gasteiger partial charge in [-0.1, -0.05) is 6.92 Å². The first-order valence-corrected chi connectivity index (χ1v) is 5.00. The van der Waals surface area contributed by atoms with E-state index in [9.17, 15) is 4.79 Å². The van der Waals surface area contributed by atoms with Gasteiger partial charge >= 0.3 is 0 Å². The van der Waals surface area contributed by atoms with E-state index in [1.807, 2.05) is 4.57 Å². The smallest absolute Gasteiger partial charge is 0.194 e. The minimum atomic E-state index is -0.0159. The number of hydrogen-bond donors (Lipinski definition) is 1. The average Bonchev–Trinajstić information content (AvgIpc) is 2.59. The molecule has 2 N–H and O–H groups in total. The van der Waals surface area contributed by atoms with Crippen molar-refractivity contribution in [1.29, 1.82) is 0 Å². The van der Waals surface area contributed by atoms with E-state index in [1.165, 1.54) is 0 Å². The van der Waals surface area contributed by atoms with E-state index >= 15 is 0 Å². The number of imidazole rings is 1. The summed E-state index contributed by atoms with van der Waals surface area (Å²) < 4.78 is 2.02. The normalized spacial score (nSPS) is 20.6. The molecule has 1 atom stereocenters. The Morgan fingerprint density at radius 1 is 1.79 bits per heavy atom. The number of rotatable bonds is 2. The highest BCUT2D eigenvalue weighted by atomic mass is 16.1. The molecule has 14 heavy (non-hydrogen) atoms. The van der Waals surface area contributed by atoms with Gasteiger partial charge in [-0.15, -0.1) is 0 Å². The van der Waals surface area contributed by atoms with Gasteiger partial charge in [-0.05, 0) is 12.3 Å². The minimum Gasteiger partial charge on any atom is -0.325 e. The second kappa shape index (κ2) is 3.53. The van der Waals surface area contributed by atoms with Gasteiger partial charge in [0.2, 0.25) is 0 Å². The quantitative estimate of drug-likeness (QED) is 0.700. The summed E-state index contributed by atoms with van der Waals surface area (Å²) in [5, 5.41) is 0. The molecule has 0 aliphatic carbocycles. The average molecular weight is 193 g/mol. The molecular weight excluding hydrogens is 178 g/mol. The lowest BCUT2D eigenvalue weighted by atomic mass is 10.0. The van der Waals surface area contributed by atoms with E-state index < -0.39 is 0 Å². The van der Waals surface area contributed by atoms with Crippen LogP contribution in [0.5, 0.6) is 0 Å². The van der Waals surface area contributed by atoms with Crippen molar-refractivity contribution < 1.29 is 4.79 Å². The summed E-state index contributed by atoms with van der Waals surface area (Å²) >= 11 is 0. The van der Waals surface area contributed by atoms with Gasteiger partial charge in [-0.3, -0.25) is 4.79 Å². The number of aromatic nitrogens is 2. The monoisotopic (exact) mass is 193 g/mol. The molecule has 0 amide bonds. The van der Waals surface area contributed by atoms with Gasteiger partial charge in [0.05, 0.1) is 12.7 Å². The molecule has 4 nitrogen and oxygen atoms in total. The van der Waals surface area contributed by atoms with Crippen LogP contribution in [0.25, 0.3) is 0 Å². The fraction of sp³-hybridized carbons (Fsp3) is 0.600. The Balaban J connectivity index is 2.35. The molecule has 1 aromatic rings. The summed E-state index contributed by atoms with van der Waals surface area (Å²) in [6.07, 6.45) is 3.79. The summed E-state index contributed by atoms with van der Waals surface area (Å²) in [7, 11) is 0. The first-order chi connectivity index (χ1) is 6.72. The highest BCUT2D eigenvalue weighted by Gasteiger charge is 2.21. The van der Waals surface area contributed by atoms with Crippen molar-refractivity contribution in [2.75, 3.05) is 6.54 Å². The third-order valence-corrected chi connectivity index (χ3v) is 2.76. The van der Waals surface area contributed by atoms with Crippen molar-refractivity contribution in [3.05, 3.63) is 17.7 Å². The Bertz CT molecular complexity index is 356. The lowest BCUT2D eigenvalue weighted by molar-refractivity contribution is 0.0990. The number of nitrogens with two attached hydrogens (primary N) is 1. The largest absolute Gasteiger partial charge is 0.325 e. The van der Waals surface area contributed by atoms with Crippen LogP contribution < -0.4 is 5.73 Å². The summed E-state index contributed by atoms with van der Waals surface area (Å²) in [6.45, 7) is 3.16. The Morgan fingerprint density at radius 3 is 3.29 bits per heavy atom. The fourth-order valence-corrected chi connectivity index (χ4v) is 1.92. The molecular formula is C10H15N3O. The van der Waals surface area contributed by atoms with E-state index in [4.69, 9.17) is 5.73 Å². The maximum absolute atomic E-state index is 11.5. The van der Waals surface area contributed by atoms with Gasteiger partial charge < -0.3 is 10.3 Å². The fourth-order valence-electron chi connectivity index (χ4n) is 1.92. The zero-order chi connectivity index (χ0) is 10.1. The minimum absolute atomic E-state index is 0.0159. The number of aryl methyl sites for hydroxylation is 1. The molecule has 0 fully saturated rings. The Kier molecular flexibility index (Phi) is 2.37. The van der Waals surface area contributed by atoms with E-state index in [0.717, 1.165) is 25.2 Å². The molecule has 0 aromatic carbocycles. The van der Waals surface area contributed by atoms with Crippen molar-refractivity contribution in [2.45, 2.75) is 26.3 Å². The van der Waals surface area contributed by atoms with Crippen molar-refractivity contribution in [3.63, 3.8) is 0 Å². The first kappa shape index (κ1) is 9.40. The highest BCUT2D eigenvalue weighted by molar-refractivity contribution is 5.95. The zero-order valence-electron chi connectivity index (χ0n) is 8.36. The second-order valence-corrected chi connectivity index (χ2v) is 3.94. The molecule has 2 rings (SSSR count). The number of fused-ring (bicyclic) bond motifs is 1. The van der Waals surface area contributed by atoms with Gasteiger partial charge in [0.25, 0.3) is 0 Å². The standard InChI is InChI=1S/C10H15N3O/c1-7-2-3-10-12-5-8(9(14)4-11)13(10)6-7/h5,7H,2-4,6,11H2,1H3. The van der Waals surface area contributed by atoms with Crippen molar-refractivity contribution in [1.82, 2.24) is 9.55 Å². The van der Waals surface area contributed by atoms with Crippen LogP contribution in [0.4, 0.5) is 0 Å². The summed E-state index contributed by atoms with van der Waals surface area (Å²) in [6, 6.07) is 0. The van der Waals surface area contributed by atoms with E-state index in [1.54, 1.807) is 6.20 Å². The number of hydrogen-bond acceptors (Lipinski definition) is 3. The van der Waals surface area contributed by atoms with Crippen LogP contribution in [0.3, 0.4) is 0 Å². The molecule has 0 saturated carbocycles. The summed E-state index contributed by atoms with van der Waals surface area (Å²) in [4.78, 5) is 15.7. The molecule has 4 heteroatoms. The number of carbonyl (C=O) groups excluding carboxylic acids is 1. The molecule has 1 aromatic heterocycles. The molecule has 76 valence electrons. The molecule has 0 saturated heterocycles. The van der Waals surface area contributed by atoms with E-state index in [0.29, 0.717) is 11.6 Å². The number of ketones is 1. The maximum atomic E-state index is 11.5. The van der Waals surface area contributed by atoms with E-state index in [2.05, 4.69) is 11.9 Å². The number of nitrogens with zero attached hydrogens (tertiary/aromatic N) is 2. The lowest BCUT2D eigenvalue weighted by Gasteiger charge is -2.21. The molecule has 0 radical (unpaired) electrons. The third kappa shape index (κ3) is 1.46. The second-order valence-electron chi connectivity index (χ2n) is 3.94. The van der Waals surface area contributed by atoms with E-state index in [-0.39, 0.29) is 12.3 Å². The lowest BCUT2D eigenvalue weighted by Crippen LogP contribution is -2.24.